The summed E-state index contributed by atoms with van der Waals surface area (Å²) in [5.74, 6) is 0.835. The van der Waals surface area contributed by atoms with Crippen molar-refractivity contribution in [3.63, 3.8) is 0 Å². The number of nitrogens with zero attached hydrogens (tertiary/aromatic N) is 1. The van der Waals surface area contributed by atoms with E-state index in [1.165, 1.54) is 12.1 Å². The van der Waals surface area contributed by atoms with E-state index in [0.29, 0.717) is 18.8 Å². The number of nitro groups is 1. The van der Waals surface area contributed by atoms with Crippen LogP contribution in [0.25, 0.3) is 0 Å². The number of hydrogen-bond donors (Lipinski definition) is 2. The van der Waals surface area contributed by atoms with Gasteiger partial charge in [0.2, 0.25) is 0 Å². The van der Waals surface area contributed by atoms with Gasteiger partial charge in [-0.15, -0.1) is 0 Å². The first-order chi connectivity index (χ1) is 8.92. The van der Waals surface area contributed by atoms with Crippen molar-refractivity contribution in [3.05, 3.63) is 33.9 Å². The van der Waals surface area contributed by atoms with E-state index < -0.39 is 4.92 Å². The van der Waals surface area contributed by atoms with Gasteiger partial charge >= 0.3 is 0 Å². The van der Waals surface area contributed by atoms with Crippen LogP contribution in [0.2, 0.25) is 0 Å². The van der Waals surface area contributed by atoms with Crippen LogP contribution in [-0.4, -0.2) is 17.4 Å². The van der Waals surface area contributed by atoms with E-state index in [2.05, 4.69) is 0 Å². The number of aryl methyl sites for hydroxylation is 1. The first kappa shape index (κ1) is 13.3. The van der Waals surface area contributed by atoms with Crippen LogP contribution in [0.15, 0.2) is 18.2 Å². The average Bonchev–Trinajstić information content (AvgIpc) is 3.06. The molecule has 3 N–H and O–H groups in total. The lowest BCUT2D eigenvalue weighted by Gasteiger charge is -2.16. The van der Waals surface area contributed by atoms with Gasteiger partial charge in [0, 0.05) is 24.0 Å². The highest BCUT2D eigenvalue weighted by molar-refractivity contribution is 5.78. The molecule has 2 rings (SSSR count). The average molecular weight is 263 g/mol. The highest BCUT2D eigenvalue weighted by atomic mass is 16.6. The van der Waals surface area contributed by atoms with Crippen molar-refractivity contribution in [3.8, 4) is 5.75 Å². The number of benzene rings is 1. The number of amidine groups is 1. The predicted molar refractivity (Wildman–Crippen MR) is 71.5 cm³/mol. The summed E-state index contributed by atoms with van der Waals surface area (Å²) in [6.45, 7) is 2.29. The van der Waals surface area contributed by atoms with E-state index in [1.54, 1.807) is 13.0 Å². The van der Waals surface area contributed by atoms with Crippen molar-refractivity contribution < 1.29 is 9.66 Å². The van der Waals surface area contributed by atoms with Crippen molar-refractivity contribution in [1.29, 1.82) is 5.41 Å². The maximum Gasteiger partial charge on any atom is 0.269 e. The third kappa shape index (κ3) is 3.21. The summed E-state index contributed by atoms with van der Waals surface area (Å²) in [5, 5.41) is 18.0. The molecule has 0 heterocycles. The molecule has 0 amide bonds. The highest BCUT2D eigenvalue weighted by Gasteiger charge is 2.44. The molecule has 6 nitrogen and oxygen atoms in total. The van der Waals surface area contributed by atoms with Gasteiger partial charge in [0.1, 0.15) is 5.75 Å². The fourth-order valence-corrected chi connectivity index (χ4v) is 2.09. The third-order valence-corrected chi connectivity index (χ3v) is 3.43. The van der Waals surface area contributed by atoms with Gasteiger partial charge < -0.3 is 10.5 Å². The Hall–Kier alpha value is -2.11. The standard InChI is InChI=1S/C13H17N3O3/c1-9-6-10(16(17)18)2-3-11(9)19-8-13(4-5-13)7-12(14)15/h2-3,6H,4-5,7-8H2,1H3,(H3,14,15). The molecular weight excluding hydrogens is 246 g/mol. The van der Waals surface area contributed by atoms with Crippen LogP contribution in [-0.2, 0) is 0 Å². The lowest BCUT2D eigenvalue weighted by atomic mass is 10.0. The molecule has 1 aliphatic rings. The van der Waals surface area contributed by atoms with Gasteiger partial charge in [-0.1, -0.05) is 0 Å². The molecule has 0 aromatic heterocycles. The maximum atomic E-state index is 10.6. The summed E-state index contributed by atoms with van der Waals surface area (Å²) in [6, 6.07) is 4.56. The van der Waals surface area contributed by atoms with Crippen molar-refractivity contribution in [2.45, 2.75) is 26.2 Å². The van der Waals surface area contributed by atoms with Crippen LogP contribution in [0.3, 0.4) is 0 Å². The predicted octanol–water partition coefficient (Wildman–Crippen LogP) is 2.39. The Morgan fingerprint density at radius 3 is 2.74 bits per heavy atom. The summed E-state index contributed by atoms with van der Waals surface area (Å²) in [7, 11) is 0. The largest absolute Gasteiger partial charge is 0.493 e. The van der Waals surface area contributed by atoms with E-state index in [-0.39, 0.29) is 16.9 Å². The molecule has 1 aromatic rings. The van der Waals surface area contributed by atoms with Crippen LogP contribution in [0.5, 0.6) is 5.75 Å². The SMILES string of the molecule is Cc1cc([N+](=O)[O-])ccc1OCC1(CC(=N)N)CC1. The Bertz CT molecular complexity index is 524. The van der Waals surface area contributed by atoms with Gasteiger partial charge in [-0.05, 0) is 31.4 Å². The molecule has 0 bridgehead atoms. The molecule has 0 unspecified atom stereocenters. The van der Waals surface area contributed by atoms with Crippen molar-refractivity contribution in [2.24, 2.45) is 11.1 Å². The Balaban J connectivity index is 2.00. The van der Waals surface area contributed by atoms with E-state index in [1.807, 2.05) is 0 Å². The molecule has 6 heteroatoms. The molecule has 0 saturated heterocycles. The molecule has 19 heavy (non-hydrogen) atoms. The Morgan fingerprint density at radius 1 is 1.58 bits per heavy atom. The van der Waals surface area contributed by atoms with E-state index in [4.69, 9.17) is 15.9 Å². The molecule has 1 aliphatic carbocycles. The number of nitrogens with one attached hydrogen (secondary N) is 1. The second-order valence-electron chi connectivity index (χ2n) is 5.20. The minimum Gasteiger partial charge on any atom is -0.493 e. The van der Waals surface area contributed by atoms with Gasteiger partial charge in [-0.3, -0.25) is 15.5 Å². The second-order valence-corrected chi connectivity index (χ2v) is 5.20. The fourth-order valence-electron chi connectivity index (χ4n) is 2.09. The van der Waals surface area contributed by atoms with Gasteiger partial charge in [-0.2, -0.15) is 0 Å². The minimum absolute atomic E-state index is 0.0000479. The minimum atomic E-state index is -0.422. The molecule has 0 radical (unpaired) electrons. The molecule has 1 fully saturated rings. The molecule has 102 valence electrons. The van der Waals surface area contributed by atoms with Crippen LogP contribution in [0, 0.1) is 27.9 Å². The number of nitrogens with two attached hydrogens (primary N) is 1. The number of hydrogen-bond acceptors (Lipinski definition) is 4. The zero-order chi connectivity index (χ0) is 14.0. The van der Waals surface area contributed by atoms with Crippen LogP contribution < -0.4 is 10.5 Å². The third-order valence-electron chi connectivity index (χ3n) is 3.43. The topological polar surface area (TPSA) is 102 Å². The Kier molecular flexibility index (Phi) is 3.42. The molecular formula is C13H17N3O3. The zero-order valence-corrected chi connectivity index (χ0v) is 10.8. The number of nitro benzene ring substituents is 1. The summed E-state index contributed by atoms with van der Waals surface area (Å²) >= 11 is 0. The summed E-state index contributed by atoms with van der Waals surface area (Å²) in [5.41, 5.74) is 6.23. The second kappa shape index (κ2) is 4.87. The number of ether oxygens (including phenoxy) is 1. The molecule has 0 atom stereocenters. The van der Waals surface area contributed by atoms with Gasteiger partial charge in [-0.25, -0.2) is 0 Å². The number of rotatable bonds is 6. The van der Waals surface area contributed by atoms with E-state index >= 15 is 0 Å². The molecule has 1 saturated carbocycles. The van der Waals surface area contributed by atoms with Gasteiger partial charge in [0.25, 0.3) is 5.69 Å². The quantitative estimate of drug-likeness (QED) is 0.356. The molecule has 1 aromatic carbocycles. The van der Waals surface area contributed by atoms with Crippen molar-refractivity contribution in [1.82, 2.24) is 0 Å². The fraction of sp³-hybridized carbons (Fsp3) is 0.462. The van der Waals surface area contributed by atoms with Gasteiger partial charge in [0.05, 0.1) is 17.4 Å². The van der Waals surface area contributed by atoms with Crippen LogP contribution in [0.4, 0.5) is 5.69 Å². The number of non-ortho nitro benzene ring substituents is 1. The monoisotopic (exact) mass is 263 g/mol. The molecule has 0 aliphatic heterocycles. The maximum absolute atomic E-state index is 10.6. The van der Waals surface area contributed by atoms with Crippen molar-refractivity contribution in [2.75, 3.05) is 6.61 Å². The van der Waals surface area contributed by atoms with Crippen LogP contribution in [0.1, 0.15) is 24.8 Å². The van der Waals surface area contributed by atoms with E-state index in [9.17, 15) is 10.1 Å². The lowest BCUT2D eigenvalue weighted by Crippen LogP contribution is -2.21. The first-order valence-electron chi connectivity index (χ1n) is 6.13. The Morgan fingerprint density at radius 2 is 2.26 bits per heavy atom. The summed E-state index contributed by atoms with van der Waals surface area (Å²) in [4.78, 5) is 10.2. The van der Waals surface area contributed by atoms with Crippen molar-refractivity contribution >= 4 is 11.5 Å². The zero-order valence-electron chi connectivity index (χ0n) is 10.8. The Labute approximate surface area is 111 Å². The summed E-state index contributed by atoms with van der Waals surface area (Å²) in [6.07, 6.45) is 2.58. The lowest BCUT2D eigenvalue weighted by molar-refractivity contribution is -0.384. The first-order valence-corrected chi connectivity index (χ1v) is 6.13. The molecule has 0 spiro atoms. The highest BCUT2D eigenvalue weighted by Crippen LogP contribution is 2.49. The van der Waals surface area contributed by atoms with E-state index in [0.717, 1.165) is 18.4 Å². The van der Waals surface area contributed by atoms with Gasteiger partial charge in [0.15, 0.2) is 0 Å². The normalized spacial score (nSPS) is 15.8. The summed E-state index contributed by atoms with van der Waals surface area (Å²) < 4.78 is 5.72. The van der Waals surface area contributed by atoms with Crippen LogP contribution >= 0.6 is 0 Å². The smallest absolute Gasteiger partial charge is 0.269 e.